The number of carbonyl (C=O) groups is 1. The molecule has 19 heavy (non-hydrogen) atoms. The molecule has 1 heterocycles. The third kappa shape index (κ3) is 2.80. The maximum absolute atomic E-state index is 12.3. The summed E-state index contributed by atoms with van der Waals surface area (Å²) in [6.45, 7) is 0.873. The van der Waals surface area contributed by atoms with Crippen LogP contribution in [0.2, 0.25) is 0 Å². The Morgan fingerprint density at radius 1 is 1.32 bits per heavy atom. The minimum atomic E-state index is -0.278. The molecule has 0 bridgehead atoms. The molecule has 1 aliphatic heterocycles. The van der Waals surface area contributed by atoms with Crippen LogP contribution in [0.25, 0.3) is 0 Å². The first-order chi connectivity index (χ1) is 9.17. The van der Waals surface area contributed by atoms with Crippen molar-refractivity contribution in [3.8, 4) is 11.5 Å². The van der Waals surface area contributed by atoms with E-state index in [0.717, 1.165) is 0 Å². The molecular formula is C13H18N2O4. The smallest absolute Gasteiger partial charge is 0.259 e. The number of nitrogens with one attached hydrogen (secondary N) is 1. The van der Waals surface area contributed by atoms with Gasteiger partial charge in [-0.25, -0.2) is 0 Å². The number of ether oxygens (including phenoxy) is 3. The highest BCUT2D eigenvalue weighted by Crippen LogP contribution is 2.28. The lowest BCUT2D eigenvalue weighted by atomic mass is 10.1. The highest BCUT2D eigenvalue weighted by atomic mass is 16.5. The van der Waals surface area contributed by atoms with Crippen LogP contribution in [0.3, 0.4) is 0 Å². The highest BCUT2D eigenvalue weighted by molar-refractivity contribution is 6.00. The number of amides is 1. The van der Waals surface area contributed by atoms with E-state index in [1.54, 1.807) is 18.2 Å². The van der Waals surface area contributed by atoms with Gasteiger partial charge < -0.3 is 25.3 Å². The molecule has 2 rings (SSSR count). The van der Waals surface area contributed by atoms with Crippen molar-refractivity contribution in [1.82, 2.24) is 5.32 Å². The Morgan fingerprint density at radius 3 is 2.42 bits per heavy atom. The maximum Gasteiger partial charge on any atom is 0.259 e. The second kappa shape index (κ2) is 5.90. The van der Waals surface area contributed by atoms with Gasteiger partial charge in [0.05, 0.1) is 39.5 Å². The van der Waals surface area contributed by atoms with Crippen LogP contribution in [0.15, 0.2) is 18.2 Å². The summed E-state index contributed by atoms with van der Waals surface area (Å²) < 4.78 is 15.6. The predicted molar refractivity (Wildman–Crippen MR) is 69.6 cm³/mol. The van der Waals surface area contributed by atoms with Crippen molar-refractivity contribution in [2.45, 2.75) is 12.1 Å². The Labute approximate surface area is 111 Å². The molecule has 1 aromatic rings. The van der Waals surface area contributed by atoms with Crippen molar-refractivity contribution < 1.29 is 19.0 Å². The van der Waals surface area contributed by atoms with Gasteiger partial charge in [0, 0.05) is 0 Å². The lowest BCUT2D eigenvalue weighted by molar-refractivity contribution is 0.0922. The number of hydrogen-bond donors (Lipinski definition) is 2. The summed E-state index contributed by atoms with van der Waals surface area (Å²) in [4.78, 5) is 12.3. The summed E-state index contributed by atoms with van der Waals surface area (Å²) in [6, 6.07) is 4.80. The van der Waals surface area contributed by atoms with E-state index < -0.39 is 0 Å². The number of benzene rings is 1. The van der Waals surface area contributed by atoms with Crippen LogP contribution in [-0.4, -0.2) is 45.4 Å². The fourth-order valence-electron chi connectivity index (χ4n) is 2.04. The van der Waals surface area contributed by atoms with E-state index in [1.807, 2.05) is 0 Å². The predicted octanol–water partition coefficient (Wildman–Crippen LogP) is 0.160. The second-order valence-corrected chi connectivity index (χ2v) is 4.32. The summed E-state index contributed by atoms with van der Waals surface area (Å²) in [7, 11) is 3.02. The summed E-state index contributed by atoms with van der Waals surface area (Å²) in [5.41, 5.74) is 6.21. The average molecular weight is 266 g/mol. The van der Waals surface area contributed by atoms with Crippen LogP contribution in [0, 0.1) is 0 Å². The SMILES string of the molecule is COc1cccc(OC)c1C(=O)N[C@@H]1COC[C@H]1N. The lowest BCUT2D eigenvalue weighted by Gasteiger charge is -2.18. The van der Waals surface area contributed by atoms with E-state index in [2.05, 4.69) is 5.32 Å². The van der Waals surface area contributed by atoms with Gasteiger partial charge in [0.25, 0.3) is 5.91 Å². The first-order valence-electron chi connectivity index (χ1n) is 6.02. The third-order valence-electron chi connectivity index (χ3n) is 3.10. The number of hydrogen-bond acceptors (Lipinski definition) is 5. The number of carbonyl (C=O) groups excluding carboxylic acids is 1. The van der Waals surface area contributed by atoms with E-state index >= 15 is 0 Å². The Kier molecular flexibility index (Phi) is 4.24. The standard InChI is InChI=1S/C13H18N2O4/c1-17-10-4-3-5-11(18-2)12(10)13(16)15-9-7-19-6-8(9)14/h3-5,8-9H,6-7,14H2,1-2H3,(H,15,16)/t8-,9-/m1/s1. The molecule has 3 N–H and O–H groups in total. The van der Waals surface area contributed by atoms with Gasteiger partial charge in [-0.3, -0.25) is 4.79 Å². The fraction of sp³-hybridized carbons (Fsp3) is 0.462. The van der Waals surface area contributed by atoms with E-state index in [-0.39, 0.29) is 18.0 Å². The van der Waals surface area contributed by atoms with E-state index in [9.17, 15) is 4.79 Å². The molecule has 0 unspecified atom stereocenters. The molecular weight excluding hydrogens is 248 g/mol. The summed E-state index contributed by atoms with van der Waals surface area (Å²) in [5, 5.41) is 2.85. The molecule has 1 fully saturated rings. The molecule has 6 nitrogen and oxygen atoms in total. The van der Waals surface area contributed by atoms with E-state index in [0.29, 0.717) is 30.3 Å². The number of nitrogens with two attached hydrogens (primary N) is 1. The Bertz CT molecular complexity index is 442. The average Bonchev–Trinajstić information content (AvgIpc) is 2.83. The van der Waals surface area contributed by atoms with E-state index in [1.165, 1.54) is 14.2 Å². The highest BCUT2D eigenvalue weighted by Gasteiger charge is 2.28. The molecule has 2 atom stereocenters. The van der Waals surface area contributed by atoms with Gasteiger partial charge in [-0.05, 0) is 12.1 Å². The van der Waals surface area contributed by atoms with E-state index in [4.69, 9.17) is 19.9 Å². The Hall–Kier alpha value is -1.79. The molecule has 0 aromatic heterocycles. The minimum absolute atomic E-state index is 0.190. The van der Waals surface area contributed by atoms with Gasteiger partial charge in [0.1, 0.15) is 17.1 Å². The molecule has 1 aliphatic rings. The van der Waals surface area contributed by atoms with Crippen LogP contribution in [0.5, 0.6) is 11.5 Å². The maximum atomic E-state index is 12.3. The van der Waals surface area contributed by atoms with Crippen LogP contribution >= 0.6 is 0 Å². The number of rotatable bonds is 4. The molecule has 0 radical (unpaired) electrons. The normalized spacial score (nSPS) is 22.1. The third-order valence-corrected chi connectivity index (χ3v) is 3.10. The second-order valence-electron chi connectivity index (χ2n) is 4.32. The molecule has 1 aromatic carbocycles. The molecule has 0 aliphatic carbocycles. The fourth-order valence-corrected chi connectivity index (χ4v) is 2.04. The van der Waals surface area contributed by atoms with Crippen molar-refractivity contribution in [3.63, 3.8) is 0 Å². The summed E-state index contributed by atoms with van der Waals surface area (Å²) in [6.07, 6.45) is 0. The van der Waals surface area contributed by atoms with Gasteiger partial charge in [0.15, 0.2) is 0 Å². The van der Waals surface area contributed by atoms with Crippen molar-refractivity contribution in [2.75, 3.05) is 27.4 Å². The van der Waals surface area contributed by atoms with Crippen molar-refractivity contribution in [3.05, 3.63) is 23.8 Å². The molecule has 1 amide bonds. The van der Waals surface area contributed by atoms with Gasteiger partial charge in [0.2, 0.25) is 0 Å². The first kappa shape index (κ1) is 13.6. The first-order valence-corrected chi connectivity index (χ1v) is 6.02. The number of methoxy groups -OCH3 is 2. The summed E-state index contributed by atoms with van der Waals surface area (Å²) >= 11 is 0. The van der Waals surface area contributed by atoms with Crippen molar-refractivity contribution >= 4 is 5.91 Å². The van der Waals surface area contributed by atoms with Crippen LogP contribution in [0.4, 0.5) is 0 Å². The quantitative estimate of drug-likeness (QED) is 0.811. The largest absolute Gasteiger partial charge is 0.496 e. The van der Waals surface area contributed by atoms with Gasteiger partial charge >= 0.3 is 0 Å². The van der Waals surface area contributed by atoms with Crippen LogP contribution < -0.4 is 20.5 Å². The molecule has 1 saturated heterocycles. The van der Waals surface area contributed by atoms with Crippen molar-refractivity contribution in [1.29, 1.82) is 0 Å². The molecule has 6 heteroatoms. The summed E-state index contributed by atoms with van der Waals surface area (Å²) in [5.74, 6) is 0.647. The zero-order valence-corrected chi connectivity index (χ0v) is 11.0. The zero-order valence-electron chi connectivity index (χ0n) is 11.0. The molecule has 0 spiro atoms. The zero-order chi connectivity index (χ0) is 13.8. The monoisotopic (exact) mass is 266 g/mol. The van der Waals surface area contributed by atoms with Gasteiger partial charge in [-0.2, -0.15) is 0 Å². The van der Waals surface area contributed by atoms with Gasteiger partial charge in [-0.1, -0.05) is 6.07 Å². The van der Waals surface area contributed by atoms with Crippen LogP contribution in [0.1, 0.15) is 10.4 Å². The Morgan fingerprint density at radius 2 is 1.95 bits per heavy atom. The topological polar surface area (TPSA) is 82.8 Å². The minimum Gasteiger partial charge on any atom is -0.496 e. The van der Waals surface area contributed by atoms with Crippen molar-refractivity contribution in [2.24, 2.45) is 5.73 Å². The van der Waals surface area contributed by atoms with Gasteiger partial charge in [-0.15, -0.1) is 0 Å². The van der Waals surface area contributed by atoms with Crippen LogP contribution in [-0.2, 0) is 4.74 Å². The molecule has 104 valence electrons. The molecule has 0 saturated carbocycles. The Balaban J connectivity index is 2.22. The lowest BCUT2D eigenvalue weighted by Crippen LogP contribution is -2.46.